The van der Waals surface area contributed by atoms with Crippen LogP contribution in [0.5, 0.6) is 0 Å². The Morgan fingerprint density at radius 2 is 2.17 bits per heavy atom. The number of ether oxygens (including phenoxy) is 1. The van der Waals surface area contributed by atoms with Crippen molar-refractivity contribution in [3.8, 4) is 11.4 Å². The zero-order chi connectivity index (χ0) is 16.2. The fourth-order valence-electron chi connectivity index (χ4n) is 3.23. The number of hydrogen-bond acceptors (Lipinski definition) is 4. The predicted octanol–water partition coefficient (Wildman–Crippen LogP) is 2.06. The molecule has 0 spiro atoms. The zero-order valence-electron chi connectivity index (χ0n) is 13.6. The third kappa shape index (κ3) is 3.27. The Labute approximate surface area is 136 Å². The molecule has 0 saturated carbocycles. The van der Waals surface area contributed by atoms with Crippen LogP contribution in [0.4, 0.5) is 0 Å². The fraction of sp³-hybridized carbons (Fsp3) is 0.471. The van der Waals surface area contributed by atoms with Crippen LogP contribution >= 0.6 is 0 Å². The molecule has 0 aromatic carbocycles. The highest BCUT2D eigenvalue weighted by molar-refractivity contribution is 5.77. The van der Waals surface area contributed by atoms with Gasteiger partial charge in [-0.3, -0.25) is 9.78 Å². The number of carbonyl (C=O) groups is 1. The summed E-state index contributed by atoms with van der Waals surface area (Å²) in [6.07, 6.45) is 7.49. The van der Waals surface area contributed by atoms with E-state index in [-0.39, 0.29) is 18.6 Å². The van der Waals surface area contributed by atoms with E-state index in [1.807, 2.05) is 23.2 Å². The number of nitrogens with zero attached hydrogens (tertiary/aromatic N) is 4. The van der Waals surface area contributed by atoms with Crippen LogP contribution in [0, 0.1) is 6.92 Å². The minimum absolute atomic E-state index is 0.0560. The van der Waals surface area contributed by atoms with Gasteiger partial charge in [-0.2, -0.15) is 0 Å². The first-order chi connectivity index (χ1) is 11.2. The van der Waals surface area contributed by atoms with E-state index in [2.05, 4.69) is 21.5 Å². The smallest absolute Gasteiger partial charge is 0.248 e. The number of methoxy groups -OCH3 is 1. The fourth-order valence-corrected chi connectivity index (χ4v) is 3.23. The molecule has 6 nitrogen and oxygen atoms in total. The molecule has 1 aliphatic heterocycles. The summed E-state index contributed by atoms with van der Waals surface area (Å²) in [6, 6.07) is 4.18. The quantitative estimate of drug-likeness (QED) is 0.867. The third-order valence-corrected chi connectivity index (χ3v) is 4.30. The molecule has 1 saturated heterocycles. The van der Waals surface area contributed by atoms with Gasteiger partial charge in [-0.25, -0.2) is 4.98 Å². The minimum atomic E-state index is 0.0560. The summed E-state index contributed by atoms with van der Waals surface area (Å²) in [7, 11) is 1.56. The molecule has 23 heavy (non-hydrogen) atoms. The Bertz CT molecular complexity index is 668. The number of pyridine rings is 1. The number of aryl methyl sites for hydroxylation is 1. The van der Waals surface area contributed by atoms with Crippen molar-refractivity contribution in [2.45, 2.75) is 25.8 Å². The highest BCUT2D eigenvalue weighted by Crippen LogP contribution is 2.29. The van der Waals surface area contributed by atoms with E-state index in [4.69, 9.17) is 4.74 Å². The first-order valence-electron chi connectivity index (χ1n) is 7.91. The summed E-state index contributed by atoms with van der Waals surface area (Å²) in [5.41, 5.74) is 2.16. The molecular formula is C17H22N4O2. The van der Waals surface area contributed by atoms with Gasteiger partial charge in [0.25, 0.3) is 0 Å². The standard InChI is InChI=1S/C17H22N4O2/c1-13-10-19-17(14-5-7-18-8-6-14)21(13)15-4-3-9-20(11-15)16(22)12-23-2/h5-8,10,15H,3-4,9,11-12H2,1-2H3. The van der Waals surface area contributed by atoms with Crippen molar-refractivity contribution in [3.63, 3.8) is 0 Å². The van der Waals surface area contributed by atoms with E-state index in [1.165, 1.54) is 0 Å². The number of imidazole rings is 1. The van der Waals surface area contributed by atoms with Gasteiger partial charge in [0, 0.05) is 50.0 Å². The molecule has 2 aromatic heterocycles. The molecule has 3 heterocycles. The number of carbonyl (C=O) groups excluding carboxylic acids is 1. The monoisotopic (exact) mass is 314 g/mol. The van der Waals surface area contributed by atoms with Crippen LogP contribution in [0.1, 0.15) is 24.6 Å². The Hall–Kier alpha value is -2.21. The number of aromatic nitrogens is 3. The second-order valence-electron chi connectivity index (χ2n) is 5.90. The Balaban J connectivity index is 1.87. The normalized spacial score (nSPS) is 18.2. The second-order valence-corrected chi connectivity index (χ2v) is 5.90. The topological polar surface area (TPSA) is 60.2 Å². The van der Waals surface area contributed by atoms with Crippen molar-refractivity contribution in [2.75, 3.05) is 26.8 Å². The first kappa shape index (κ1) is 15.7. The van der Waals surface area contributed by atoms with Crippen molar-refractivity contribution in [1.29, 1.82) is 0 Å². The summed E-state index contributed by atoms with van der Waals surface area (Å²) >= 11 is 0. The molecule has 0 bridgehead atoms. The number of hydrogen-bond donors (Lipinski definition) is 0. The second kappa shape index (κ2) is 6.91. The molecule has 2 aromatic rings. The summed E-state index contributed by atoms with van der Waals surface area (Å²) in [6.45, 7) is 3.72. The predicted molar refractivity (Wildman–Crippen MR) is 86.9 cm³/mol. The molecule has 6 heteroatoms. The van der Waals surface area contributed by atoms with Gasteiger partial charge in [-0.15, -0.1) is 0 Å². The Morgan fingerprint density at radius 3 is 2.91 bits per heavy atom. The summed E-state index contributed by atoms with van der Waals surface area (Å²) in [5.74, 6) is 0.997. The molecular weight excluding hydrogens is 292 g/mol. The maximum absolute atomic E-state index is 12.1. The molecule has 3 rings (SSSR count). The van der Waals surface area contributed by atoms with E-state index in [1.54, 1.807) is 19.5 Å². The lowest BCUT2D eigenvalue weighted by atomic mass is 10.0. The number of likely N-dealkylation sites (tertiary alicyclic amines) is 1. The van der Waals surface area contributed by atoms with Crippen molar-refractivity contribution in [1.82, 2.24) is 19.4 Å². The van der Waals surface area contributed by atoms with Crippen molar-refractivity contribution >= 4 is 5.91 Å². The van der Waals surface area contributed by atoms with Gasteiger partial charge in [0.15, 0.2) is 0 Å². The maximum atomic E-state index is 12.1. The molecule has 1 fully saturated rings. The molecule has 0 radical (unpaired) electrons. The lowest BCUT2D eigenvalue weighted by Crippen LogP contribution is -2.42. The van der Waals surface area contributed by atoms with Crippen LogP contribution in [-0.2, 0) is 9.53 Å². The van der Waals surface area contributed by atoms with E-state index in [9.17, 15) is 4.79 Å². The van der Waals surface area contributed by atoms with Gasteiger partial charge >= 0.3 is 0 Å². The largest absolute Gasteiger partial charge is 0.375 e. The van der Waals surface area contributed by atoms with Gasteiger partial charge in [0.05, 0.1) is 6.04 Å². The molecule has 0 N–H and O–H groups in total. The lowest BCUT2D eigenvalue weighted by Gasteiger charge is -2.34. The lowest BCUT2D eigenvalue weighted by molar-refractivity contribution is -0.136. The maximum Gasteiger partial charge on any atom is 0.248 e. The van der Waals surface area contributed by atoms with Crippen molar-refractivity contribution < 1.29 is 9.53 Å². The number of piperidine rings is 1. The molecule has 1 amide bonds. The number of amides is 1. The van der Waals surface area contributed by atoms with Gasteiger partial charge in [0.1, 0.15) is 12.4 Å². The van der Waals surface area contributed by atoms with Crippen LogP contribution in [0.15, 0.2) is 30.7 Å². The van der Waals surface area contributed by atoms with Crippen LogP contribution in [0.2, 0.25) is 0 Å². The molecule has 122 valence electrons. The van der Waals surface area contributed by atoms with E-state index < -0.39 is 0 Å². The molecule has 0 aliphatic carbocycles. The average Bonchev–Trinajstić information content (AvgIpc) is 2.97. The number of rotatable bonds is 4. The van der Waals surface area contributed by atoms with Crippen LogP contribution < -0.4 is 0 Å². The summed E-state index contributed by atoms with van der Waals surface area (Å²) < 4.78 is 7.23. The van der Waals surface area contributed by atoms with E-state index in [0.717, 1.165) is 36.5 Å². The third-order valence-electron chi connectivity index (χ3n) is 4.30. The SMILES string of the molecule is COCC(=O)N1CCCC(n2c(C)cnc2-c2ccncc2)C1. The highest BCUT2D eigenvalue weighted by Gasteiger charge is 2.27. The van der Waals surface area contributed by atoms with Crippen molar-refractivity contribution in [3.05, 3.63) is 36.4 Å². The minimum Gasteiger partial charge on any atom is -0.375 e. The first-order valence-corrected chi connectivity index (χ1v) is 7.91. The molecule has 1 atom stereocenters. The summed E-state index contributed by atoms with van der Waals surface area (Å²) in [4.78, 5) is 22.7. The zero-order valence-corrected chi connectivity index (χ0v) is 13.6. The van der Waals surface area contributed by atoms with Crippen LogP contribution in [0.3, 0.4) is 0 Å². The molecule has 1 unspecified atom stereocenters. The Kier molecular flexibility index (Phi) is 4.71. The summed E-state index contributed by atoms with van der Waals surface area (Å²) in [5, 5.41) is 0. The molecule has 1 aliphatic rings. The average molecular weight is 314 g/mol. The Morgan fingerprint density at radius 1 is 1.39 bits per heavy atom. The van der Waals surface area contributed by atoms with Gasteiger partial charge in [0.2, 0.25) is 5.91 Å². The van der Waals surface area contributed by atoms with Crippen molar-refractivity contribution in [2.24, 2.45) is 0 Å². The highest BCUT2D eigenvalue weighted by atomic mass is 16.5. The van der Waals surface area contributed by atoms with E-state index >= 15 is 0 Å². The van der Waals surface area contributed by atoms with E-state index in [0.29, 0.717) is 6.54 Å². The van der Waals surface area contributed by atoms with Crippen LogP contribution in [-0.4, -0.2) is 52.1 Å². The van der Waals surface area contributed by atoms with Gasteiger partial charge < -0.3 is 14.2 Å². The van der Waals surface area contributed by atoms with Crippen LogP contribution in [0.25, 0.3) is 11.4 Å². The van der Waals surface area contributed by atoms with Gasteiger partial charge in [-0.1, -0.05) is 0 Å². The van der Waals surface area contributed by atoms with Gasteiger partial charge in [-0.05, 0) is 31.9 Å².